The van der Waals surface area contributed by atoms with Gasteiger partial charge in [0.05, 0.1) is 21.8 Å². The van der Waals surface area contributed by atoms with Crippen LogP contribution in [0.1, 0.15) is 24.8 Å². The Hall–Kier alpha value is -4.38. The number of benzene rings is 2. The topological polar surface area (TPSA) is 125 Å². The first-order valence-electron chi connectivity index (χ1n) is 12.3. The van der Waals surface area contributed by atoms with E-state index in [1.54, 1.807) is 29.2 Å². The second-order valence-electron chi connectivity index (χ2n) is 9.25. The van der Waals surface area contributed by atoms with E-state index in [1.165, 1.54) is 12.6 Å². The van der Waals surface area contributed by atoms with Gasteiger partial charge in [0.15, 0.2) is 15.4 Å². The Morgan fingerprint density at radius 1 is 1.03 bits per heavy atom. The molecule has 0 amide bonds. The van der Waals surface area contributed by atoms with Crippen molar-refractivity contribution < 1.29 is 13.2 Å². The highest BCUT2D eigenvalue weighted by Gasteiger charge is 2.22. The molecule has 192 valence electrons. The standard InChI is InChI=1S/C27H25N7O3S/c1-38(35,36)22-7-2-4-19(14-22)23-12-13-24-25(31-23)26(37-21-5-3-6-21)33-27(32-24)29-15-18-8-10-20(11-9-18)34-17-28-16-30-34/h2,4,7-14,16-17,21H,3,5-6,15H2,1H3,(H,29,32,33). The normalized spacial score (nSPS) is 13.8. The molecule has 2 aromatic carbocycles. The van der Waals surface area contributed by atoms with E-state index in [0.717, 1.165) is 30.5 Å². The average molecular weight is 528 g/mol. The number of hydrogen-bond acceptors (Lipinski definition) is 9. The maximum absolute atomic E-state index is 12.0. The van der Waals surface area contributed by atoms with E-state index in [9.17, 15) is 8.42 Å². The van der Waals surface area contributed by atoms with Crippen LogP contribution in [0, 0.1) is 0 Å². The Bertz CT molecular complexity index is 1700. The van der Waals surface area contributed by atoms with E-state index >= 15 is 0 Å². The smallest absolute Gasteiger partial charge is 0.245 e. The zero-order valence-corrected chi connectivity index (χ0v) is 21.5. The third-order valence-corrected chi connectivity index (χ3v) is 7.58. The number of fused-ring (bicyclic) bond motifs is 1. The Kier molecular flexibility index (Phi) is 6.20. The van der Waals surface area contributed by atoms with Crippen molar-refractivity contribution in [2.75, 3.05) is 11.6 Å². The highest BCUT2D eigenvalue weighted by atomic mass is 32.2. The summed E-state index contributed by atoms with van der Waals surface area (Å²) in [7, 11) is -3.34. The molecule has 0 bridgehead atoms. The molecule has 38 heavy (non-hydrogen) atoms. The third-order valence-electron chi connectivity index (χ3n) is 6.47. The zero-order valence-electron chi connectivity index (χ0n) is 20.7. The Labute approximate surface area is 219 Å². The van der Waals surface area contributed by atoms with Crippen LogP contribution in [0.5, 0.6) is 5.88 Å². The van der Waals surface area contributed by atoms with Crippen LogP contribution < -0.4 is 10.1 Å². The molecule has 10 nitrogen and oxygen atoms in total. The molecule has 6 rings (SSSR count). The lowest BCUT2D eigenvalue weighted by Crippen LogP contribution is -2.25. The van der Waals surface area contributed by atoms with Crippen molar-refractivity contribution in [3.8, 4) is 22.8 Å². The minimum Gasteiger partial charge on any atom is -0.473 e. The van der Waals surface area contributed by atoms with Crippen molar-refractivity contribution in [2.24, 2.45) is 0 Å². The quantitative estimate of drug-likeness (QED) is 0.316. The van der Waals surface area contributed by atoms with Crippen LogP contribution >= 0.6 is 0 Å². The lowest BCUT2D eigenvalue weighted by molar-refractivity contribution is 0.116. The van der Waals surface area contributed by atoms with Gasteiger partial charge in [-0.1, -0.05) is 24.3 Å². The van der Waals surface area contributed by atoms with Crippen molar-refractivity contribution >= 4 is 26.8 Å². The molecule has 5 aromatic rings. The summed E-state index contributed by atoms with van der Waals surface area (Å²) in [5.74, 6) is 0.866. The van der Waals surface area contributed by atoms with Crippen LogP contribution in [0.2, 0.25) is 0 Å². The van der Waals surface area contributed by atoms with Crippen LogP contribution in [0.15, 0.2) is 78.2 Å². The van der Waals surface area contributed by atoms with Gasteiger partial charge in [-0.2, -0.15) is 10.1 Å². The fraction of sp³-hybridized carbons (Fsp3) is 0.222. The molecule has 1 saturated carbocycles. The predicted molar refractivity (Wildman–Crippen MR) is 143 cm³/mol. The summed E-state index contributed by atoms with van der Waals surface area (Å²) in [6, 6.07) is 18.4. The van der Waals surface area contributed by atoms with E-state index in [4.69, 9.17) is 9.72 Å². The molecule has 0 radical (unpaired) electrons. The van der Waals surface area contributed by atoms with E-state index < -0.39 is 9.84 Å². The Balaban J connectivity index is 1.29. The van der Waals surface area contributed by atoms with E-state index in [-0.39, 0.29) is 11.0 Å². The zero-order chi connectivity index (χ0) is 26.1. The predicted octanol–water partition coefficient (Wildman–Crippen LogP) is 4.22. The first-order chi connectivity index (χ1) is 18.4. The molecule has 3 aromatic heterocycles. The Morgan fingerprint density at radius 3 is 2.58 bits per heavy atom. The summed E-state index contributed by atoms with van der Waals surface area (Å²) in [4.78, 5) is 18.3. The fourth-order valence-electron chi connectivity index (χ4n) is 4.13. The minimum absolute atomic E-state index is 0.101. The number of aromatic nitrogens is 6. The number of nitrogens with one attached hydrogen (secondary N) is 1. The van der Waals surface area contributed by atoms with E-state index in [0.29, 0.717) is 40.7 Å². The first kappa shape index (κ1) is 24.0. The third kappa shape index (κ3) is 5.05. The molecular formula is C27H25N7O3S. The SMILES string of the molecule is CS(=O)(=O)c1cccc(-c2ccc3nc(NCc4ccc(-n5cncn5)cc4)nc(OC4CCC4)c3n2)c1. The van der Waals surface area contributed by atoms with Gasteiger partial charge in [-0.3, -0.25) is 0 Å². The number of rotatable bonds is 8. The summed E-state index contributed by atoms with van der Waals surface area (Å²) >= 11 is 0. The average Bonchev–Trinajstić information content (AvgIpc) is 3.44. The second kappa shape index (κ2) is 9.82. The van der Waals surface area contributed by atoms with Crippen molar-refractivity contribution in [1.29, 1.82) is 0 Å². The lowest BCUT2D eigenvalue weighted by atomic mass is 9.96. The van der Waals surface area contributed by atoms with Crippen molar-refractivity contribution in [3.05, 3.63) is 78.9 Å². The highest BCUT2D eigenvalue weighted by molar-refractivity contribution is 7.90. The molecule has 0 saturated heterocycles. The van der Waals surface area contributed by atoms with Gasteiger partial charge in [0, 0.05) is 18.4 Å². The molecule has 1 aliphatic carbocycles. The molecule has 1 fully saturated rings. The van der Waals surface area contributed by atoms with Crippen molar-refractivity contribution in [1.82, 2.24) is 29.7 Å². The molecule has 3 heterocycles. The van der Waals surface area contributed by atoms with Gasteiger partial charge in [-0.15, -0.1) is 0 Å². The lowest BCUT2D eigenvalue weighted by Gasteiger charge is -2.26. The van der Waals surface area contributed by atoms with Crippen LogP contribution in [0.3, 0.4) is 0 Å². The number of sulfone groups is 1. The first-order valence-corrected chi connectivity index (χ1v) is 14.2. The number of anilines is 1. The largest absolute Gasteiger partial charge is 0.473 e. The molecule has 0 spiro atoms. The maximum Gasteiger partial charge on any atom is 0.245 e. The number of pyridine rings is 1. The molecule has 1 aliphatic rings. The van der Waals surface area contributed by atoms with Gasteiger partial charge in [-0.25, -0.2) is 28.1 Å². The van der Waals surface area contributed by atoms with Gasteiger partial charge in [-0.05, 0) is 61.2 Å². The minimum atomic E-state index is -3.34. The number of hydrogen-bond donors (Lipinski definition) is 1. The molecule has 0 aliphatic heterocycles. The Morgan fingerprint density at radius 2 is 1.87 bits per heavy atom. The van der Waals surface area contributed by atoms with Gasteiger partial charge >= 0.3 is 0 Å². The van der Waals surface area contributed by atoms with Crippen molar-refractivity contribution in [3.63, 3.8) is 0 Å². The van der Waals surface area contributed by atoms with E-state index in [1.807, 2.05) is 42.5 Å². The molecular weight excluding hydrogens is 502 g/mol. The summed E-state index contributed by atoms with van der Waals surface area (Å²) in [5, 5.41) is 7.44. The van der Waals surface area contributed by atoms with Crippen LogP contribution in [-0.4, -0.2) is 50.5 Å². The summed E-state index contributed by atoms with van der Waals surface area (Å²) in [6.45, 7) is 0.524. The molecule has 11 heteroatoms. The monoisotopic (exact) mass is 527 g/mol. The number of nitrogens with zero attached hydrogens (tertiary/aromatic N) is 6. The maximum atomic E-state index is 12.0. The molecule has 1 N–H and O–H groups in total. The van der Waals surface area contributed by atoms with Crippen LogP contribution in [0.25, 0.3) is 28.0 Å². The fourth-order valence-corrected chi connectivity index (χ4v) is 4.80. The van der Waals surface area contributed by atoms with Gasteiger partial charge < -0.3 is 10.1 Å². The van der Waals surface area contributed by atoms with Gasteiger partial charge in [0.1, 0.15) is 18.8 Å². The molecule has 0 unspecified atom stereocenters. The van der Waals surface area contributed by atoms with Gasteiger partial charge in [0.2, 0.25) is 11.8 Å². The number of ether oxygens (including phenoxy) is 1. The van der Waals surface area contributed by atoms with E-state index in [2.05, 4.69) is 25.4 Å². The summed E-state index contributed by atoms with van der Waals surface area (Å²) < 4.78 is 32.0. The highest BCUT2D eigenvalue weighted by Crippen LogP contribution is 2.31. The summed E-state index contributed by atoms with van der Waals surface area (Å²) in [5.41, 5.74) is 4.48. The second-order valence-corrected chi connectivity index (χ2v) is 11.3. The van der Waals surface area contributed by atoms with Crippen molar-refractivity contribution in [2.45, 2.75) is 36.8 Å². The summed E-state index contributed by atoms with van der Waals surface area (Å²) in [6.07, 6.45) is 7.52. The van der Waals surface area contributed by atoms with Gasteiger partial charge in [0.25, 0.3) is 0 Å². The molecule has 0 atom stereocenters. The van der Waals surface area contributed by atoms with Crippen LogP contribution in [0.4, 0.5) is 5.95 Å². The van der Waals surface area contributed by atoms with Crippen LogP contribution in [-0.2, 0) is 16.4 Å².